The number of aromatic nitrogens is 2. The molecule has 116 valence electrons. The first-order valence-electron chi connectivity index (χ1n) is 6.88. The van der Waals surface area contributed by atoms with Gasteiger partial charge < -0.3 is 10.0 Å². The summed E-state index contributed by atoms with van der Waals surface area (Å²) in [5.74, 6) is 0. The molecule has 1 aliphatic carbocycles. The molecule has 8 heteroatoms. The van der Waals surface area contributed by atoms with Gasteiger partial charge in [-0.3, -0.25) is 4.68 Å². The first-order chi connectivity index (χ1) is 9.79. The average Bonchev–Trinajstić information content (AvgIpc) is 2.85. The van der Waals surface area contributed by atoms with Gasteiger partial charge in [0.15, 0.2) is 0 Å². The third-order valence-electron chi connectivity index (χ3n) is 4.73. The number of carboxylic acid groups (broad SMARTS) is 1. The molecule has 1 saturated carbocycles. The molecule has 1 aliphatic heterocycles. The summed E-state index contributed by atoms with van der Waals surface area (Å²) in [6.07, 6.45) is -0.220. The van der Waals surface area contributed by atoms with Gasteiger partial charge in [-0.1, -0.05) is 0 Å². The summed E-state index contributed by atoms with van der Waals surface area (Å²) < 4.78 is 39.0. The van der Waals surface area contributed by atoms with Crippen LogP contribution in [0.2, 0.25) is 0 Å². The highest BCUT2D eigenvalue weighted by Gasteiger charge is 2.47. The molecule has 1 amide bonds. The largest absolute Gasteiger partial charge is 0.465 e. The van der Waals surface area contributed by atoms with Crippen LogP contribution in [-0.4, -0.2) is 39.0 Å². The summed E-state index contributed by atoms with van der Waals surface area (Å²) in [7, 11) is 0. The number of amides is 1. The van der Waals surface area contributed by atoms with Gasteiger partial charge in [0, 0.05) is 19.3 Å². The van der Waals surface area contributed by atoms with Crippen LogP contribution in [0.4, 0.5) is 18.0 Å². The van der Waals surface area contributed by atoms with Crippen LogP contribution in [0.3, 0.4) is 0 Å². The summed E-state index contributed by atoms with van der Waals surface area (Å²) in [6, 6.07) is -0.00234. The molecule has 1 saturated heterocycles. The van der Waals surface area contributed by atoms with E-state index in [2.05, 4.69) is 5.10 Å². The quantitative estimate of drug-likeness (QED) is 0.867. The second-order valence-corrected chi connectivity index (χ2v) is 6.04. The molecule has 5 nitrogen and oxygen atoms in total. The highest BCUT2D eigenvalue weighted by Crippen LogP contribution is 2.54. The number of piperidine rings is 1. The number of nitrogens with zero attached hydrogens (tertiary/aromatic N) is 3. The maximum atomic E-state index is 12.5. The Balaban J connectivity index is 1.59. The highest BCUT2D eigenvalue weighted by molar-refractivity contribution is 5.65. The fourth-order valence-corrected chi connectivity index (χ4v) is 3.39. The van der Waals surface area contributed by atoms with Crippen LogP contribution in [0.1, 0.15) is 37.3 Å². The Labute approximate surface area is 119 Å². The van der Waals surface area contributed by atoms with Crippen molar-refractivity contribution in [3.63, 3.8) is 0 Å². The summed E-state index contributed by atoms with van der Waals surface area (Å²) in [5, 5.41) is 12.7. The first-order valence-corrected chi connectivity index (χ1v) is 6.88. The topological polar surface area (TPSA) is 58.4 Å². The van der Waals surface area contributed by atoms with Crippen molar-refractivity contribution in [2.75, 3.05) is 13.1 Å². The second-order valence-electron chi connectivity index (χ2n) is 6.04. The van der Waals surface area contributed by atoms with Crippen LogP contribution in [0, 0.1) is 5.41 Å². The monoisotopic (exact) mass is 303 g/mol. The molecule has 2 aliphatic rings. The molecule has 0 radical (unpaired) electrons. The molecule has 1 aromatic rings. The van der Waals surface area contributed by atoms with Gasteiger partial charge in [0.1, 0.15) is 0 Å². The summed E-state index contributed by atoms with van der Waals surface area (Å²) >= 11 is 0. The van der Waals surface area contributed by atoms with Gasteiger partial charge in [0.05, 0.1) is 17.8 Å². The molecule has 3 rings (SSSR count). The van der Waals surface area contributed by atoms with Crippen LogP contribution in [0.15, 0.2) is 12.4 Å². The third-order valence-corrected chi connectivity index (χ3v) is 4.73. The average molecular weight is 303 g/mol. The molecule has 1 spiro atoms. The molecule has 1 N–H and O–H groups in total. The standard InChI is InChI=1S/C13H16F3N3O2/c14-13(15,16)9-7-17-19(8-9)10-5-12(6-10)1-3-18(4-2-12)11(20)21/h7-8,10H,1-6H2,(H,20,21). The predicted molar refractivity (Wildman–Crippen MR) is 66.8 cm³/mol. The van der Waals surface area contributed by atoms with E-state index in [0.29, 0.717) is 13.1 Å². The minimum Gasteiger partial charge on any atom is -0.465 e. The first kappa shape index (κ1) is 14.2. The van der Waals surface area contributed by atoms with Crippen LogP contribution in [0.5, 0.6) is 0 Å². The Bertz CT molecular complexity index is 539. The van der Waals surface area contributed by atoms with Gasteiger partial charge in [0.25, 0.3) is 0 Å². The Morgan fingerprint density at radius 3 is 2.43 bits per heavy atom. The van der Waals surface area contributed by atoms with E-state index in [1.165, 1.54) is 9.58 Å². The van der Waals surface area contributed by atoms with Gasteiger partial charge >= 0.3 is 12.3 Å². The molecule has 0 atom stereocenters. The number of likely N-dealkylation sites (tertiary alicyclic amines) is 1. The van der Waals surface area contributed by atoms with Gasteiger partial charge in [-0.15, -0.1) is 0 Å². The molecule has 0 unspecified atom stereocenters. The Kier molecular flexibility index (Phi) is 3.14. The molecule has 0 bridgehead atoms. The van der Waals surface area contributed by atoms with Crippen molar-refractivity contribution in [1.29, 1.82) is 0 Å². The van der Waals surface area contributed by atoms with E-state index in [1.807, 2.05) is 0 Å². The van der Waals surface area contributed by atoms with Crippen LogP contribution < -0.4 is 0 Å². The normalized spacial score (nSPS) is 22.3. The maximum Gasteiger partial charge on any atom is 0.419 e. The maximum absolute atomic E-state index is 12.5. The number of carbonyl (C=O) groups is 1. The zero-order valence-electron chi connectivity index (χ0n) is 11.3. The van der Waals surface area contributed by atoms with Gasteiger partial charge in [-0.2, -0.15) is 18.3 Å². The minimum absolute atomic E-state index is 0.00234. The van der Waals surface area contributed by atoms with Crippen molar-refractivity contribution in [1.82, 2.24) is 14.7 Å². The SMILES string of the molecule is O=C(O)N1CCC2(CC1)CC(n1cc(C(F)(F)F)cn1)C2. The van der Waals surface area contributed by atoms with E-state index in [4.69, 9.17) is 5.11 Å². The second kappa shape index (κ2) is 4.64. The summed E-state index contributed by atoms with van der Waals surface area (Å²) in [6.45, 7) is 1.02. The van der Waals surface area contributed by atoms with Crippen LogP contribution in [-0.2, 0) is 6.18 Å². The van der Waals surface area contributed by atoms with E-state index >= 15 is 0 Å². The zero-order valence-corrected chi connectivity index (χ0v) is 11.3. The Morgan fingerprint density at radius 1 is 1.33 bits per heavy atom. The van der Waals surface area contributed by atoms with E-state index in [0.717, 1.165) is 38.1 Å². The Hall–Kier alpha value is -1.73. The number of alkyl halides is 3. The molecular formula is C13H16F3N3O2. The van der Waals surface area contributed by atoms with Crippen molar-refractivity contribution < 1.29 is 23.1 Å². The van der Waals surface area contributed by atoms with Crippen LogP contribution in [0.25, 0.3) is 0 Å². The predicted octanol–water partition coefficient (Wildman–Crippen LogP) is 3.00. The van der Waals surface area contributed by atoms with Gasteiger partial charge in [-0.05, 0) is 31.1 Å². The fourth-order valence-electron chi connectivity index (χ4n) is 3.39. The number of halogens is 3. The third kappa shape index (κ3) is 2.58. The van der Waals surface area contributed by atoms with Crippen LogP contribution >= 0.6 is 0 Å². The fraction of sp³-hybridized carbons (Fsp3) is 0.692. The molecule has 0 aromatic carbocycles. The smallest absolute Gasteiger partial charge is 0.419 e. The lowest BCUT2D eigenvalue weighted by Gasteiger charge is -2.51. The number of hydrogen-bond acceptors (Lipinski definition) is 2. The van der Waals surface area contributed by atoms with Crippen molar-refractivity contribution >= 4 is 6.09 Å². The minimum atomic E-state index is -4.35. The van der Waals surface area contributed by atoms with Crippen molar-refractivity contribution in [3.05, 3.63) is 18.0 Å². The number of hydrogen-bond donors (Lipinski definition) is 1. The van der Waals surface area contributed by atoms with E-state index < -0.39 is 17.8 Å². The van der Waals surface area contributed by atoms with Gasteiger partial charge in [-0.25, -0.2) is 4.79 Å². The molecule has 2 fully saturated rings. The van der Waals surface area contributed by atoms with Crippen molar-refractivity contribution in [2.45, 2.75) is 37.9 Å². The van der Waals surface area contributed by atoms with Crippen molar-refractivity contribution in [3.8, 4) is 0 Å². The summed E-state index contributed by atoms with van der Waals surface area (Å²) in [4.78, 5) is 12.3. The lowest BCUT2D eigenvalue weighted by Crippen LogP contribution is -2.48. The van der Waals surface area contributed by atoms with E-state index in [-0.39, 0.29) is 11.5 Å². The van der Waals surface area contributed by atoms with E-state index in [1.54, 1.807) is 0 Å². The zero-order chi connectivity index (χ0) is 15.3. The molecular weight excluding hydrogens is 287 g/mol. The van der Waals surface area contributed by atoms with E-state index in [9.17, 15) is 18.0 Å². The molecule has 2 heterocycles. The molecule has 21 heavy (non-hydrogen) atoms. The Morgan fingerprint density at radius 2 is 1.95 bits per heavy atom. The number of rotatable bonds is 1. The summed E-state index contributed by atoms with van der Waals surface area (Å²) in [5.41, 5.74) is -0.634. The lowest BCUT2D eigenvalue weighted by molar-refractivity contribution is -0.137. The molecule has 1 aromatic heterocycles. The highest BCUT2D eigenvalue weighted by atomic mass is 19.4. The lowest BCUT2D eigenvalue weighted by atomic mass is 9.60. The van der Waals surface area contributed by atoms with Crippen molar-refractivity contribution in [2.24, 2.45) is 5.41 Å². The van der Waals surface area contributed by atoms with Gasteiger partial charge in [0.2, 0.25) is 0 Å².